The van der Waals surface area contributed by atoms with E-state index in [-0.39, 0.29) is 17.3 Å². The molecule has 0 spiro atoms. The van der Waals surface area contributed by atoms with Crippen LogP contribution in [0.25, 0.3) is 0 Å². The molecule has 31 heavy (non-hydrogen) atoms. The molecule has 0 saturated carbocycles. The Balaban J connectivity index is 1.71. The summed E-state index contributed by atoms with van der Waals surface area (Å²) in [5.41, 5.74) is 4.45. The fourth-order valence-electron chi connectivity index (χ4n) is 4.64. The number of hydrogen-bond acceptors (Lipinski definition) is 4. The van der Waals surface area contributed by atoms with Gasteiger partial charge in [0.1, 0.15) is 11.5 Å². The number of esters is 2. The summed E-state index contributed by atoms with van der Waals surface area (Å²) in [6.45, 7) is 11.9. The van der Waals surface area contributed by atoms with Gasteiger partial charge in [0.25, 0.3) is 0 Å². The Kier molecular flexibility index (Phi) is 5.12. The van der Waals surface area contributed by atoms with E-state index in [0.29, 0.717) is 22.6 Å². The lowest BCUT2D eigenvalue weighted by molar-refractivity contribution is -0.133. The van der Waals surface area contributed by atoms with E-state index in [1.54, 1.807) is 12.1 Å². The molecule has 0 amide bonds. The second kappa shape index (κ2) is 7.52. The van der Waals surface area contributed by atoms with Crippen LogP contribution in [0, 0.1) is 44.9 Å². The van der Waals surface area contributed by atoms with Gasteiger partial charge in [-0.1, -0.05) is 50.3 Å². The largest absolute Gasteiger partial charge is 0.423 e. The third-order valence-corrected chi connectivity index (χ3v) is 6.97. The number of benzene rings is 2. The van der Waals surface area contributed by atoms with Crippen LogP contribution >= 0.6 is 0 Å². The van der Waals surface area contributed by atoms with E-state index in [2.05, 4.69) is 13.8 Å². The van der Waals surface area contributed by atoms with E-state index >= 15 is 0 Å². The molecule has 4 nitrogen and oxygen atoms in total. The van der Waals surface area contributed by atoms with E-state index in [0.717, 1.165) is 22.3 Å². The molecule has 2 aromatic rings. The maximum atomic E-state index is 13.3. The number of carbonyl (C=O) groups is 2. The Morgan fingerprint density at radius 1 is 0.710 bits per heavy atom. The Hall–Kier alpha value is -3.14. The second-order valence-corrected chi connectivity index (χ2v) is 9.16. The molecule has 4 heteroatoms. The topological polar surface area (TPSA) is 52.6 Å². The lowest BCUT2D eigenvalue weighted by Gasteiger charge is -2.26. The molecule has 2 bridgehead atoms. The van der Waals surface area contributed by atoms with Gasteiger partial charge in [-0.3, -0.25) is 0 Å². The standard InChI is InChI=1S/C27H28O4/c1-15-9-7-11-21(17(15)3)30-25(28)23-19-13-14-20(27(19,5)6)24(23)26(29)31-22-12-8-10-16(2)18(22)4/h7-14,19-20H,1-6H3. The molecule has 0 N–H and O–H groups in total. The average Bonchev–Trinajstić information content (AvgIpc) is 3.14. The first-order chi connectivity index (χ1) is 14.6. The van der Waals surface area contributed by atoms with Crippen LogP contribution < -0.4 is 9.47 Å². The normalized spacial score (nSPS) is 20.8. The van der Waals surface area contributed by atoms with Crippen molar-refractivity contribution in [3.63, 3.8) is 0 Å². The second-order valence-electron chi connectivity index (χ2n) is 9.16. The SMILES string of the molecule is Cc1cccc(OC(=O)C2=C(C(=O)Oc3cccc(C)c3C)C3C=CC2C3(C)C)c1C. The molecule has 0 aromatic heterocycles. The molecule has 0 saturated heterocycles. The molecule has 0 radical (unpaired) electrons. The van der Waals surface area contributed by atoms with Crippen LogP contribution in [0.4, 0.5) is 0 Å². The maximum Gasteiger partial charge on any atom is 0.340 e. The zero-order valence-electron chi connectivity index (χ0n) is 18.9. The van der Waals surface area contributed by atoms with E-state index in [1.807, 2.05) is 64.1 Å². The van der Waals surface area contributed by atoms with Crippen LogP contribution in [-0.2, 0) is 9.59 Å². The first-order valence-corrected chi connectivity index (χ1v) is 10.6. The number of allylic oxidation sites excluding steroid dienone is 2. The highest BCUT2D eigenvalue weighted by molar-refractivity contribution is 6.05. The third-order valence-electron chi connectivity index (χ3n) is 6.97. The molecule has 0 aliphatic heterocycles. The van der Waals surface area contributed by atoms with E-state index in [9.17, 15) is 9.59 Å². The van der Waals surface area contributed by atoms with Gasteiger partial charge in [0, 0.05) is 11.8 Å². The molecule has 0 fully saturated rings. The van der Waals surface area contributed by atoms with Gasteiger partial charge < -0.3 is 9.47 Å². The highest BCUT2D eigenvalue weighted by Gasteiger charge is 2.55. The minimum atomic E-state index is -0.480. The molecule has 4 rings (SSSR count). The number of hydrogen-bond donors (Lipinski definition) is 0. The number of rotatable bonds is 4. The molecule has 2 aliphatic rings. The summed E-state index contributed by atoms with van der Waals surface area (Å²) in [5.74, 6) is -0.292. The lowest BCUT2D eigenvalue weighted by atomic mass is 9.77. The fourth-order valence-corrected chi connectivity index (χ4v) is 4.64. The highest BCUT2D eigenvalue weighted by Crippen LogP contribution is 2.57. The van der Waals surface area contributed by atoms with Crippen LogP contribution in [0.15, 0.2) is 59.7 Å². The monoisotopic (exact) mass is 416 g/mol. The summed E-state index contributed by atoms with van der Waals surface area (Å²) < 4.78 is 11.6. The van der Waals surface area contributed by atoms with Gasteiger partial charge in [-0.05, 0) is 67.5 Å². The van der Waals surface area contributed by atoms with Crippen molar-refractivity contribution in [2.24, 2.45) is 17.3 Å². The summed E-state index contributed by atoms with van der Waals surface area (Å²) in [6, 6.07) is 11.2. The van der Waals surface area contributed by atoms with Gasteiger partial charge in [0.2, 0.25) is 0 Å². The van der Waals surface area contributed by atoms with Crippen molar-refractivity contribution in [1.29, 1.82) is 0 Å². The maximum absolute atomic E-state index is 13.3. The van der Waals surface area contributed by atoms with E-state index < -0.39 is 11.9 Å². The third kappa shape index (κ3) is 3.40. The van der Waals surface area contributed by atoms with Crippen molar-refractivity contribution in [2.45, 2.75) is 41.5 Å². The molecule has 2 aliphatic carbocycles. The summed E-state index contributed by atoms with van der Waals surface area (Å²) in [5, 5.41) is 0. The fraction of sp³-hybridized carbons (Fsp3) is 0.333. The minimum absolute atomic E-state index is 0.184. The van der Waals surface area contributed by atoms with Crippen molar-refractivity contribution in [2.75, 3.05) is 0 Å². The average molecular weight is 417 g/mol. The summed E-state index contributed by atoms with van der Waals surface area (Å²) in [6.07, 6.45) is 4.03. The Labute approximate surface area is 183 Å². The van der Waals surface area contributed by atoms with Crippen molar-refractivity contribution < 1.29 is 19.1 Å². The van der Waals surface area contributed by atoms with Crippen molar-refractivity contribution in [3.05, 3.63) is 82.0 Å². The molecule has 2 aromatic carbocycles. The van der Waals surface area contributed by atoms with Gasteiger partial charge >= 0.3 is 11.9 Å². The number of carbonyl (C=O) groups excluding carboxylic acids is 2. The van der Waals surface area contributed by atoms with Crippen LogP contribution in [0.5, 0.6) is 11.5 Å². The number of fused-ring (bicyclic) bond motifs is 2. The lowest BCUT2D eigenvalue weighted by Crippen LogP contribution is -2.24. The van der Waals surface area contributed by atoms with E-state index in [4.69, 9.17) is 9.47 Å². The van der Waals surface area contributed by atoms with Crippen molar-refractivity contribution in [3.8, 4) is 11.5 Å². The van der Waals surface area contributed by atoms with Gasteiger partial charge in [-0.25, -0.2) is 9.59 Å². The summed E-state index contributed by atoms with van der Waals surface area (Å²) in [4.78, 5) is 26.6. The quantitative estimate of drug-likeness (QED) is 0.371. The van der Waals surface area contributed by atoms with Crippen molar-refractivity contribution in [1.82, 2.24) is 0 Å². The molecule has 0 heterocycles. The molecule has 2 unspecified atom stereocenters. The van der Waals surface area contributed by atoms with Gasteiger partial charge in [-0.15, -0.1) is 0 Å². The minimum Gasteiger partial charge on any atom is -0.423 e. The van der Waals surface area contributed by atoms with E-state index in [1.165, 1.54) is 0 Å². The summed E-state index contributed by atoms with van der Waals surface area (Å²) in [7, 11) is 0. The Morgan fingerprint density at radius 3 is 1.48 bits per heavy atom. The Bertz CT molecular complexity index is 1060. The van der Waals surface area contributed by atoms with Gasteiger partial charge in [0.05, 0.1) is 11.1 Å². The Morgan fingerprint density at radius 2 is 1.10 bits per heavy atom. The first kappa shape index (κ1) is 21.1. The van der Waals surface area contributed by atoms with Gasteiger partial charge in [-0.2, -0.15) is 0 Å². The number of ether oxygens (including phenoxy) is 2. The molecular formula is C27H28O4. The smallest absolute Gasteiger partial charge is 0.340 e. The highest BCUT2D eigenvalue weighted by atomic mass is 16.5. The zero-order valence-corrected chi connectivity index (χ0v) is 18.9. The molecule has 2 atom stereocenters. The zero-order chi connectivity index (χ0) is 22.5. The van der Waals surface area contributed by atoms with Crippen LogP contribution in [0.3, 0.4) is 0 Å². The van der Waals surface area contributed by atoms with Gasteiger partial charge in [0.15, 0.2) is 0 Å². The predicted octanol–water partition coefficient (Wildman–Crippen LogP) is 5.57. The predicted molar refractivity (Wildman–Crippen MR) is 120 cm³/mol. The molecular weight excluding hydrogens is 388 g/mol. The van der Waals surface area contributed by atoms with Crippen molar-refractivity contribution >= 4 is 11.9 Å². The molecule has 160 valence electrons. The first-order valence-electron chi connectivity index (χ1n) is 10.6. The van der Waals surface area contributed by atoms with Crippen LogP contribution in [0.1, 0.15) is 36.1 Å². The summed E-state index contributed by atoms with van der Waals surface area (Å²) >= 11 is 0. The number of aryl methyl sites for hydroxylation is 2. The van der Waals surface area contributed by atoms with Crippen LogP contribution in [-0.4, -0.2) is 11.9 Å². The van der Waals surface area contributed by atoms with Crippen LogP contribution in [0.2, 0.25) is 0 Å².